The standard InChI is InChI=1S/C13H24N2O4S/c16-13(12-6-5-10-19-11-7-12)14-20(17,18)15-8-3-1-2-4-9-15/h12H,1-11H2,(H,14,16). The molecule has 0 radical (unpaired) electrons. The Morgan fingerprint density at radius 2 is 1.70 bits per heavy atom. The first-order valence-electron chi connectivity index (χ1n) is 7.49. The third kappa shape index (κ3) is 4.43. The van der Waals surface area contributed by atoms with E-state index in [1.165, 1.54) is 4.31 Å². The van der Waals surface area contributed by atoms with Crippen LogP contribution in [0, 0.1) is 5.92 Å². The van der Waals surface area contributed by atoms with Gasteiger partial charge in [0.05, 0.1) is 0 Å². The predicted molar refractivity (Wildman–Crippen MR) is 75.3 cm³/mol. The summed E-state index contributed by atoms with van der Waals surface area (Å²) in [7, 11) is -3.67. The smallest absolute Gasteiger partial charge is 0.303 e. The monoisotopic (exact) mass is 304 g/mol. The molecule has 0 aromatic heterocycles. The van der Waals surface area contributed by atoms with Gasteiger partial charge in [-0.2, -0.15) is 12.7 Å². The zero-order chi connectivity index (χ0) is 14.4. The molecule has 2 aliphatic rings. The Kier molecular flexibility index (Phi) is 5.80. The van der Waals surface area contributed by atoms with E-state index in [1.807, 2.05) is 0 Å². The normalized spacial score (nSPS) is 26.5. The second kappa shape index (κ2) is 7.38. The first-order valence-corrected chi connectivity index (χ1v) is 8.93. The van der Waals surface area contributed by atoms with Crippen LogP contribution in [0.1, 0.15) is 44.9 Å². The molecule has 0 spiro atoms. The highest BCUT2D eigenvalue weighted by Gasteiger charge is 2.28. The summed E-state index contributed by atoms with van der Waals surface area (Å²) in [6.45, 7) is 2.21. The summed E-state index contributed by atoms with van der Waals surface area (Å²) in [6.07, 6.45) is 5.95. The Bertz CT molecular complexity index is 408. The van der Waals surface area contributed by atoms with Crippen LogP contribution in [0.3, 0.4) is 0 Å². The molecule has 2 saturated heterocycles. The molecule has 1 amide bonds. The number of rotatable bonds is 3. The summed E-state index contributed by atoms with van der Waals surface area (Å²) in [4.78, 5) is 12.1. The number of carbonyl (C=O) groups excluding carboxylic acids is 1. The van der Waals surface area contributed by atoms with Gasteiger partial charge in [-0.15, -0.1) is 0 Å². The third-order valence-electron chi connectivity index (χ3n) is 3.96. The lowest BCUT2D eigenvalue weighted by Crippen LogP contribution is -2.46. The molecule has 1 atom stereocenters. The van der Waals surface area contributed by atoms with Gasteiger partial charge < -0.3 is 4.74 Å². The van der Waals surface area contributed by atoms with Crippen LogP contribution >= 0.6 is 0 Å². The highest BCUT2D eigenvalue weighted by atomic mass is 32.2. The molecule has 20 heavy (non-hydrogen) atoms. The van der Waals surface area contributed by atoms with Crippen molar-refractivity contribution in [2.75, 3.05) is 26.3 Å². The van der Waals surface area contributed by atoms with Gasteiger partial charge in [0, 0.05) is 32.2 Å². The number of carbonyl (C=O) groups is 1. The van der Waals surface area contributed by atoms with Crippen LogP contribution in [-0.2, 0) is 19.7 Å². The lowest BCUT2D eigenvalue weighted by molar-refractivity contribution is -0.123. The number of hydrogen-bond donors (Lipinski definition) is 1. The van der Waals surface area contributed by atoms with E-state index in [9.17, 15) is 13.2 Å². The van der Waals surface area contributed by atoms with Crippen LogP contribution in [0.4, 0.5) is 0 Å². The second-order valence-corrected chi connectivity index (χ2v) is 7.20. The minimum atomic E-state index is -3.67. The quantitative estimate of drug-likeness (QED) is 0.845. The minimum Gasteiger partial charge on any atom is -0.381 e. The summed E-state index contributed by atoms with van der Waals surface area (Å²) in [5.41, 5.74) is 0. The van der Waals surface area contributed by atoms with E-state index in [2.05, 4.69) is 4.72 Å². The van der Waals surface area contributed by atoms with Gasteiger partial charge in [0.25, 0.3) is 0 Å². The number of nitrogens with one attached hydrogen (secondary N) is 1. The van der Waals surface area contributed by atoms with Crippen molar-refractivity contribution < 1.29 is 17.9 Å². The topological polar surface area (TPSA) is 75.7 Å². The number of hydrogen-bond acceptors (Lipinski definition) is 4. The fraction of sp³-hybridized carbons (Fsp3) is 0.923. The maximum atomic E-state index is 12.2. The molecular formula is C13H24N2O4S. The SMILES string of the molecule is O=C(NS(=O)(=O)N1CCCCCC1)C1CCCOCC1. The maximum Gasteiger partial charge on any atom is 0.303 e. The fourth-order valence-corrected chi connectivity index (χ4v) is 4.01. The maximum absolute atomic E-state index is 12.2. The Hall–Kier alpha value is -0.660. The highest BCUT2D eigenvalue weighted by Crippen LogP contribution is 2.17. The third-order valence-corrected chi connectivity index (χ3v) is 5.46. The molecule has 1 unspecified atom stereocenters. The van der Waals surface area contributed by atoms with Crippen LogP contribution in [-0.4, -0.2) is 44.9 Å². The van der Waals surface area contributed by atoms with Gasteiger partial charge in [0.15, 0.2) is 0 Å². The van der Waals surface area contributed by atoms with Crippen molar-refractivity contribution in [2.45, 2.75) is 44.9 Å². The molecule has 0 aromatic carbocycles. The van der Waals surface area contributed by atoms with E-state index < -0.39 is 10.2 Å². The van der Waals surface area contributed by atoms with Gasteiger partial charge in [-0.3, -0.25) is 4.79 Å². The molecule has 116 valence electrons. The molecule has 2 heterocycles. The van der Waals surface area contributed by atoms with Crippen molar-refractivity contribution in [3.63, 3.8) is 0 Å². The van der Waals surface area contributed by atoms with Gasteiger partial charge in [-0.25, -0.2) is 4.72 Å². The molecule has 0 aliphatic carbocycles. The number of nitrogens with zero attached hydrogens (tertiary/aromatic N) is 1. The minimum absolute atomic E-state index is 0.251. The van der Waals surface area contributed by atoms with E-state index in [1.54, 1.807) is 0 Å². The average molecular weight is 304 g/mol. The fourth-order valence-electron chi connectivity index (χ4n) is 2.72. The van der Waals surface area contributed by atoms with Crippen molar-refractivity contribution in [1.82, 2.24) is 9.03 Å². The van der Waals surface area contributed by atoms with Crippen LogP contribution in [0.15, 0.2) is 0 Å². The molecule has 6 nitrogen and oxygen atoms in total. The largest absolute Gasteiger partial charge is 0.381 e. The summed E-state index contributed by atoms with van der Waals surface area (Å²) in [5, 5.41) is 0. The van der Waals surface area contributed by atoms with Crippen molar-refractivity contribution in [1.29, 1.82) is 0 Å². The van der Waals surface area contributed by atoms with Crippen LogP contribution in [0.2, 0.25) is 0 Å². The highest BCUT2D eigenvalue weighted by molar-refractivity contribution is 7.87. The predicted octanol–water partition coefficient (Wildman–Crippen LogP) is 1.04. The van der Waals surface area contributed by atoms with Crippen LogP contribution < -0.4 is 4.72 Å². The summed E-state index contributed by atoms with van der Waals surface area (Å²) >= 11 is 0. The van der Waals surface area contributed by atoms with Crippen LogP contribution in [0.25, 0.3) is 0 Å². The zero-order valence-electron chi connectivity index (χ0n) is 11.8. The van der Waals surface area contributed by atoms with E-state index in [0.717, 1.165) is 32.1 Å². The first kappa shape index (κ1) is 15.7. The molecule has 1 N–H and O–H groups in total. The van der Waals surface area contributed by atoms with Gasteiger partial charge in [-0.1, -0.05) is 12.8 Å². The van der Waals surface area contributed by atoms with Crippen LogP contribution in [0.5, 0.6) is 0 Å². The molecule has 2 rings (SSSR count). The van der Waals surface area contributed by atoms with Gasteiger partial charge in [-0.05, 0) is 32.1 Å². The lowest BCUT2D eigenvalue weighted by atomic mass is 10.0. The molecular weight excluding hydrogens is 280 g/mol. The first-order chi connectivity index (χ1) is 9.59. The van der Waals surface area contributed by atoms with Crippen molar-refractivity contribution >= 4 is 16.1 Å². The second-order valence-electron chi connectivity index (χ2n) is 5.52. The Labute approximate surface area is 121 Å². The molecule has 7 heteroatoms. The van der Waals surface area contributed by atoms with E-state index in [0.29, 0.717) is 39.1 Å². The van der Waals surface area contributed by atoms with Crippen molar-refractivity contribution in [3.8, 4) is 0 Å². The summed E-state index contributed by atoms with van der Waals surface area (Å²) in [6, 6.07) is 0. The van der Waals surface area contributed by atoms with Gasteiger partial charge >= 0.3 is 10.2 Å². The van der Waals surface area contributed by atoms with E-state index in [4.69, 9.17) is 4.74 Å². The van der Waals surface area contributed by atoms with E-state index in [-0.39, 0.29) is 11.8 Å². The molecule has 0 bridgehead atoms. The Morgan fingerprint density at radius 1 is 1.00 bits per heavy atom. The number of ether oxygens (including phenoxy) is 1. The number of amides is 1. The zero-order valence-corrected chi connectivity index (χ0v) is 12.7. The molecule has 0 aromatic rings. The Morgan fingerprint density at radius 3 is 2.40 bits per heavy atom. The van der Waals surface area contributed by atoms with Crippen molar-refractivity contribution in [2.24, 2.45) is 5.92 Å². The summed E-state index contributed by atoms with van der Waals surface area (Å²) in [5.74, 6) is -0.626. The van der Waals surface area contributed by atoms with Gasteiger partial charge in [0.1, 0.15) is 0 Å². The molecule has 2 fully saturated rings. The summed E-state index contributed by atoms with van der Waals surface area (Å²) < 4.78 is 33.4. The average Bonchev–Trinajstić information content (AvgIpc) is 2.83. The Balaban J connectivity index is 1.93. The van der Waals surface area contributed by atoms with Crippen molar-refractivity contribution in [3.05, 3.63) is 0 Å². The molecule has 2 aliphatic heterocycles. The van der Waals surface area contributed by atoms with E-state index >= 15 is 0 Å². The lowest BCUT2D eigenvalue weighted by Gasteiger charge is -2.22. The van der Waals surface area contributed by atoms with Gasteiger partial charge in [0.2, 0.25) is 5.91 Å². The molecule has 0 saturated carbocycles.